The van der Waals surface area contributed by atoms with E-state index < -0.39 is 0 Å². The van der Waals surface area contributed by atoms with Crippen molar-refractivity contribution >= 4 is 27.6 Å². The topological polar surface area (TPSA) is 51.1 Å². The molecule has 0 bridgehead atoms. The standard InChI is InChI=1S/C20H20BrFN2O3/c1-26-20(25)12-3-5-18-16(8-12)19(10-15-6-7-27-15)24(23-18)11-13-2-4-14(21)9-17(13)22/h2-5,8-9,15-16,19H,6-7,10-11H2,1H3. The summed E-state index contributed by atoms with van der Waals surface area (Å²) < 4.78 is 25.5. The molecule has 5 nitrogen and oxygen atoms in total. The zero-order valence-corrected chi connectivity index (χ0v) is 16.5. The summed E-state index contributed by atoms with van der Waals surface area (Å²) >= 11 is 3.29. The van der Waals surface area contributed by atoms with Gasteiger partial charge in [0.25, 0.3) is 0 Å². The van der Waals surface area contributed by atoms with Gasteiger partial charge in [-0.1, -0.05) is 28.1 Å². The minimum atomic E-state index is -0.360. The zero-order valence-electron chi connectivity index (χ0n) is 14.9. The normalized spacial score (nSPS) is 26.2. The number of hydrogen-bond donors (Lipinski definition) is 0. The Morgan fingerprint density at radius 3 is 2.93 bits per heavy atom. The lowest BCUT2D eigenvalue weighted by atomic mass is 9.85. The Balaban J connectivity index is 1.60. The molecule has 1 saturated heterocycles. The van der Waals surface area contributed by atoms with Crippen molar-refractivity contribution in [3.8, 4) is 0 Å². The molecular formula is C20H20BrFN2O3. The quantitative estimate of drug-likeness (QED) is 0.664. The zero-order chi connectivity index (χ0) is 19.0. The minimum Gasteiger partial charge on any atom is -0.465 e. The van der Waals surface area contributed by atoms with Crippen molar-refractivity contribution in [1.29, 1.82) is 0 Å². The predicted octanol–water partition coefficient (Wildman–Crippen LogP) is 3.59. The van der Waals surface area contributed by atoms with Gasteiger partial charge in [-0.25, -0.2) is 9.18 Å². The highest BCUT2D eigenvalue weighted by Crippen LogP contribution is 2.35. The van der Waals surface area contributed by atoms with Crippen molar-refractivity contribution in [1.82, 2.24) is 5.01 Å². The fourth-order valence-electron chi connectivity index (χ4n) is 3.68. The Kier molecular flexibility index (Phi) is 5.14. The van der Waals surface area contributed by atoms with Gasteiger partial charge in [0, 0.05) is 22.6 Å². The van der Waals surface area contributed by atoms with E-state index in [-0.39, 0.29) is 29.9 Å². The minimum absolute atomic E-state index is 0.0120. The Hall–Kier alpha value is -1.99. The van der Waals surface area contributed by atoms with Crippen LogP contribution in [0.5, 0.6) is 0 Å². The molecule has 27 heavy (non-hydrogen) atoms. The molecule has 0 aromatic heterocycles. The smallest absolute Gasteiger partial charge is 0.337 e. The number of benzene rings is 1. The van der Waals surface area contributed by atoms with E-state index in [9.17, 15) is 9.18 Å². The summed E-state index contributed by atoms with van der Waals surface area (Å²) in [6.45, 7) is 1.14. The molecule has 1 aromatic carbocycles. The fraction of sp³-hybridized carbons (Fsp3) is 0.400. The number of halogens is 2. The summed E-state index contributed by atoms with van der Waals surface area (Å²) in [7, 11) is 1.37. The van der Waals surface area contributed by atoms with Crippen molar-refractivity contribution in [2.24, 2.45) is 11.0 Å². The SMILES string of the molecule is COC(=O)C1=CC2C(=NN(Cc3ccc(Br)cc3F)C2CC2CCO2)C=C1. The van der Waals surface area contributed by atoms with E-state index in [0.29, 0.717) is 22.2 Å². The van der Waals surface area contributed by atoms with Crippen LogP contribution in [0.15, 0.2) is 51.6 Å². The first-order valence-electron chi connectivity index (χ1n) is 8.94. The molecule has 3 atom stereocenters. The van der Waals surface area contributed by atoms with Gasteiger partial charge in [0.2, 0.25) is 0 Å². The van der Waals surface area contributed by atoms with E-state index in [1.807, 2.05) is 23.2 Å². The molecule has 7 heteroatoms. The van der Waals surface area contributed by atoms with E-state index in [2.05, 4.69) is 15.9 Å². The first-order chi connectivity index (χ1) is 13.0. The molecule has 2 heterocycles. The Bertz CT molecular complexity index is 848. The van der Waals surface area contributed by atoms with Crippen molar-refractivity contribution < 1.29 is 18.7 Å². The van der Waals surface area contributed by atoms with Gasteiger partial charge in [-0.15, -0.1) is 0 Å². The van der Waals surface area contributed by atoms with Gasteiger partial charge >= 0.3 is 5.97 Å². The van der Waals surface area contributed by atoms with Crippen LogP contribution in [0.4, 0.5) is 4.39 Å². The average molecular weight is 435 g/mol. The third kappa shape index (κ3) is 3.71. The molecule has 0 amide bonds. The van der Waals surface area contributed by atoms with Gasteiger partial charge in [0.1, 0.15) is 5.82 Å². The molecule has 0 saturated carbocycles. The second-order valence-corrected chi connectivity index (χ2v) is 7.83. The lowest BCUT2D eigenvalue weighted by Crippen LogP contribution is -2.40. The molecular weight excluding hydrogens is 415 g/mol. The van der Waals surface area contributed by atoms with Crippen LogP contribution in [0.3, 0.4) is 0 Å². The Morgan fingerprint density at radius 1 is 1.44 bits per heavy atom. The van der Waals surface area contributed by atoms with E-state index in [1.165, 1.54) is 13.2 Å². The second-order valence-electron chi connectivity index (χ2n) is 6.92. The van der Waals surface area contributed by atoms with Crippen molar-refractivity contribution in [3.05, 3.63) is 57.9 Å². The van der Waals surface area contributed by atoms with E-state index in [0.717, 1.165) is 25.2 Å². The summed E-state index contributed by atoms with van der Waals surface area (Å²) in [5.74, 6) is -0.660. The number of esters is 1. The Morgan fingerprint density at radius 2 is 2.26 bits per heavy atom. The molecule has 142 valence electrons. The molecule has 0 radical (unpaired) electrons. The van der Waals surface area contributed by atoms with Crippen molar-refractivity contribution in [3.63, 3.8) is 0 Å². The van der Waals surface area contributed by atoms with E-state index in [1.54, 1.807) is 12.1 Å². The van der Waals surface area contributed by atoms with Crippen LogP contribution in [0.1, 0.15) is 18.4 Å². The lowest BCUT2D eigenvalue weighted by Gasteiger charge is -2.34. The number of nitrogens with zero attached hydrogens (tertiary/aromatic N) is 2. The van der Waals surface area contributed by atoms with Crippen LogP contribution in [-0.2, 0) is 20.8 Å². The van der Waals surface area contributed by atoms with Gasteiger partial charge in [0.15, 0.2) is 0 Å². The van der Waals surface area contributed by atoms with E-state index >= 15 is 0 Å². The number of rotatable bonds is 5. The van der Waals surface area contributed by atoms with Gasteiger partial charge in [-0.2, -0.15) is 5.10 Å². The van der Waals surface area contributed by atoms with E-state index in [4.69, 9.17) is 14.6 Å². The number of fused-ring (bicyclic) bond motifs is 1. The number of ether oxygens (including phenoxy) is 2. The molecule has 0 spiro atoms. The molecule has 1 aromatic rings. The van der Waals surface area contributed by atoms with Crippen molar-refractivity contribution in [2.75, 3.05) is 13.7 Å². The van der Waals surface area contributed by atoms with Crippen LogP contribution in [0, 0.1) is 11.7 Å². The molecule has 1 aliphatic carbocycles. The highest BCUT2D eigenvalue weighted by molar-refractivity contribution is 9.10. The molecule has 4 rings (SSSR count). The second kappa shape index (κ2) is 7.56. The number of carbonyl (C=O) groups is 1. The third-order valence-corrected chi connectivity index (χ3v) is 5.74. The molecule has 3 unspecified atom stereocenters. The maximum absolute atomic E-state index is 14.3. The number of hydrazone groups is 1. The van der Waals surface area contributed by atoms with Gasteiger partial charge in [-0.3, -0.25) is 5.01 Å². The third-order valence-electron chi connectivity index (χ3n) is 5.24. The Labute approximate surface area is 165 Å². The average Bonchev–Trinajstić information content (AvgIpc) is 2.96. The number of hydrogen-bond acceptors (Lipinski definition) is 5. The fourth-order valence-corrected chi connectivity index (χ4v) is 4.01. The maximum Gasteiger partial charge on any atom is 0.337 e. The number of methoxy groups -OCH3 is 1. The first kappa shape index (κ1) is 18.4. The van der Waals surface area contributed by atoms with Crippen LogP contribution in [-0.4, -0.2) is 42.6 Å². The van der Waals surface area contributed by atoms with Crippen LogP contribution < -0.4 is 0 Å². The van der Waals surface area contributed by atoms with Gasteiger partial charge in [0.05, 0.1) is 37.1 Å². The number of carbonyl (C=O) groups excluding carboxylic acids is 1. The summed E-state index contributed by atoms with van der Waals surface area (Å²) in [5.41, 5.74) is 1.99. The first-order valence-corrected chi connectivity index (χ1v) is 9.73. The highest BCUT2D eigenvalue weighted by Gasteiger charge is 2.39. The van der Waals surface area contributed by atoms with Gasteiger partial charge < -0.3 is 9.47 Å². The molecule has 1 fully saturated rings. The monoisotopic (exact) mass is 434 g/mol. The summed E-state index contributed by atoms with van der Waals surface area (Å²) in [4.78, 5) is 11.9. The summed E-state index contributed by atoms with van der Waals surface area (Å²) in [6, 6.07) is 5.07. The number of allylic oxidation sites excluding steroid dienone is 1. The van der Waals surface area contributed by atoms with Crippen LogP contribution in [0.2, 0.25) is 0 Å². The van der Waals surface area contributed by atoms with Crippen molar-refractivity contribution in [2.45, 2.75) is 31.5 Å². The molecule has 0 N–H and O–H groups in total. The summed E-state index contributed by atoms with van der Waals surface area (Å²) in [6.07, 6.45) is 7.47. The highest BCUT2D eigenvalue weighted by atomic mass is 79.9. The predicted molar refractivity (Wildman–Crippen MR) is 103 cm³/mol. The van der Waals surface area contributed by atoms with Gasteiger partial charge in [-0.05, 0) is 37.1 Å². The maximum atomic E-state index is 14.3. The van der Waals surface area contributed by atoms with Crippen LogP contribution in [0.25, 0.3) is 0 Å². The largest absolute Gasteiger partial charge is 0.465 e. The molecule has 3 aliphatic rings. The lowest BCUT2D eigenvalue weighted by molar-refractivity contribution is -0.135. The van der Waals surface area contributed by atoms with Crippen LogP contribution >= 0.6 is 15.9 Å². The molecule has 2 aliphatic heterocycles. The summed E-state index contributed by atoms with van der Waals surface area (Å²) in [5, 5.41) is 6.64.